The lowest BCUT2D eigenvalue weighted by atomic mass is 9.89. The van der Waals surface area contributed by atoms with Gasteiger partial charge in [-0.1, -0.05) is 79.4 Å². The van der Waals surface area contributed by atoms with Crippen molar-refractivity contribution in [1.29, 1.82) is 0 Å². The molecule has 0 saturated carbocycles. The molecule has 0 N–H and O–H groups in total. The molecule has 0 bridgehead atoms. The monoisotopic (exact) mass is 666 g/mol. The predicted molar refractivity (Wildman–Crippen MR) is 218 cm³/mol. The van der Waals surface area contributed by atoms with Gasteiger partial charge in [0.05, 0.1) is 22.1 Å². The molecule has 4 aromatic heterocycles. The van der Waals surface area contributed by atoms with E-state index in [9.17, 15) is 0 Å². The number of rotatable bonds is 11. The summed E-state index contributed by atoms with van der Waals surface area (Å²) in [7, 11) is 0. The van der Waals surface area contributed by atoms with E-state index in [-0.39, 0.29) is 5.41 Å². The Hall–Kier alpha value is -5.58. The molecule has 0 fully saturated rings. The predicted octanol–water partition coefficient (Wildman–Crippen LogP) is 12.4. The van der Waals surface area contributed by atoms with Gasteiger partial charge in [-0.2, -0.15) is 4.57 Å². The van der Waals surface area contributed by atoms with E-state index in [0.717, 1.165) is 30.7 Å². The molecule has 4 heterocycles. The van der Waals surface area contributed by atoms with Crippen molar-refractivity contribution in [2.24, 2.45) is 10.4 Å². The van der Waals surface area contributed by atoms with Crippen molar-refractivity contribution in [2.75, 3.05) is 0 Å². The van der Waals surface area contributed by atoms with Crippen LogP contribution in [0.2, 0.25) is 0 Å². The van der Waals surface area contributed by atoms with Crippen molar-refractivity contribution < 1.29 is 4.57 Å². The Bertz CT molecular complexity index is 2660. The van der Waals surface area contributed by atoms with Gasteiger partial charge in [0, 0.05) is 65.8 Å². The summed E-state index contributed by atoms with van der Waals surface area (Å²) in [6.45, 7) is 16.7. The fraction of sp³-hybridized carbons (Fsp3) is 0.130. The number of fused-ring (bicyclic) bond motifs is 6. The second-order valence-corrected chi connectivity index (χ2v) is 14.7. The number of pyridine rings is 1. The minimum Gasteiger partial charge on any atom is -0.308 e. The first-order chi connectivity index (χ1) is 24.4. The molecular weight excluding hydrogens is 627 g/mol. The summed E-state index contributed by atoms with van der Waals surface area (Å²) < 4.78 is 7.35. The number of unbranched alkanes of at least 4 members (excludes halogenated alkanes) is 1. The van der Waals surface area contributed by atoms with E-state index in [0.29, 0.717) is 0 Å². The molecular formula is C46H40N3S+. The van der Waals surface area contributed by atoms with Crippen LogP contribution in [0.15, 0.2) is 140 Å². The van der Waals surface area contributed by atoms with E-state index in [1.807, 2.05) is 23.5 Å². The van der Waals surface area contributed by atoms with Gasteiger partial charge >= 0.3 is 0 Å². The summed E-state index contributed by atoms with van der Waals surface area (Å²) in [5, 5.41) is 6.52. The van der Waals surface area contributed by atoms with Gasteiger partial charge in [-0.3, -0.25) is 4.99 Å². The lowest BCUT2D eigenvalue weighted by molar-refractivity contribution is -0.576. The molecule has 0 aliphatic carbocycles. The van der Waals surface area contributed by atoms with Crippen LogP contribution < -0.4 is 4.57 Å². The maximum absolute atomic E-state index is 4.50. The summed E-state index contributed by atoms with van der Waals surface area (Å²) in [4.78, 5) is 3.93. The molecule has 3 nitrogen and oxygen atoms in total. The number of thiophene rings is 1. The van der Waals surface area contributed by atoms with Crippen LogP contribution in [-0.2, 0) is 6.42 Å². The normalized spacial score (nSPS) is 12.5. The molecule has 0 radical (unpaired) electrons. The highest BCUT2D eigenvalue weighted by atomic mass is 32.1. The number of allylic oxidation sites excluding steroid dienone is 3. The molecule has 244 valence electrons. The molecule has 50 heavy (non-hydrogen) atoms. The minimum atomic E-state index is -0.291. The third-order valence-corrected chi connectivity index (χ3v) is 11.3. The number of hydrogen-bond acceptors (Lipinski definition) is 2. The number of benzene rings is 4. The molecule has 8 aromatic rings. The van der Waals surface area contributed by atoms with E-state index < -0.39 is 0 Å². The topological polar surface area (TPSA) is 20.6 Å². The van der Waals surface area contributed by atoms with Crippen LogP contribution in [0.1, 0.15) is 43.5 Å². The fourth-order valence-corrected chi connectivity index (χ4v) is 8.65. The van der Waals surface area contributed by atoms with Crippen molar-refractivity contribution in [2.45, 2.75) is 33.1 Å². The number of aryl methyl sites for hydroxylation is 1. The van der Waals surface area contributed by atoms with Gasteiger partial charge in [0.15, 0.2) is 11.9 Å². The smallest absolute Gasteiger partial charge is 0.218 e. The number of hydrogen-bond donors (Lipinski definition) is 0. The van der Waals surface area contributed by atoms with Gasteiger partial charge in [-0.15, -0.1) is 11.3 Å². The summed E-state index contributed by atoms with van der Waals surface area (Å²) in [5.41, 5.74) is 9.33. The van der Waals surface area contributed by atoms with Crippen molar-refractivity contribution in [1.82, 2.24) is 4.40 Å². The number of para-hydroxylation sites is 1. The molecule has 0 spiro atoms. The third-order valence-electron chi connectivity index (χ3n) is 10.2. The number of nitrogens with zero attached hydrogens (tertiary/aromatic N) is 3. The number of aliphatic imine (C=N–C) groups is 1. The Morgan fingerprint density at radius 1 is 0.860 bits per heavy atom. The van der Waals surface area contributed by atoms with E-state index in [4.69, 9.17) is 0 Å². The average Bonchev–Trinajstić information content (AvgIpc) is 3.78. The SMILES string of the molecule is C=Cc1c(/C=C/CCCc2ccccc2-c2cccc[n+]2C(=C)C(C)(C)/C=C\N=C)n2c3cc4c(cc3c3cccc1c32)sc1ccccc14. The quantitative estimate of drug-likeness (QED) is 0.0744. The van der Waals surface area contributed by atoms with E-state index in [1.54, 1.807) is 6.20 Å². The van der Waals surface area contributed by atoms with Crippen LogP contribution in [0.4, 0.5) is 0 Å². The summed E-state index contributed by atoms with van der Waals surface area (Å²) in [6, 6.07) is 35.4. The minimum absolute atomic E-state index is 0.291. The Kier molecular flexibility index (Phi) is 8.05. The Balaban J connectivity index is 1.11. The van der Waals surface area contributed by atoms with Gasteiger partial charge in [0.1, 0.15) is 0 Å². The van der Waals surface area contributed by atoms with Gasteiger partial charge in [0.25, 0.3) is 0 Å². The molecule has 0 aliphatic heterocycles. The second-order valence-electron chi connectivity index (χ2n) is 13.6. The van der Waals surface area contributed by atoms with Crippen LogP contribution in [0, 0.1) is 5.41 Å². The zero-order valence-corrected chi connectivity index (χ0v) is 29.5. The first-order valence-corrected chi connectivity index (χ1v) is 18.1. The fourth-order valence-electron chi connectivity index (χ4n) is 7.52. The molecule has 0 atom stereocenters. The zero-order valence-electron chi connectivity index (χ0n) is 28.7. The second kappa shape index (κ2) is 12.7. The summed E-state index contributed by atoms with van der Waals surface area (Å²) in [5.74, 6) is 0. The first kappa shape index (κ1) is 31.7. The summed E-state index contributed by atoms with van der Waals surface area (Å²) >= 11 is 1.88. The van der Waals surface area contributed by atoms with Crippen LogP contribution in [0.25, 0.3) is 76.5 Å². The van der Waals surface area contributed by atoms with Crippen LogP contribution in [0.5, 0.6) is 0 Å². The number of aromatic nitrogens is 2. The van der Waals surface area contributed by atoms with E-state index >= 15 is 0 Å². The van der Waals surface area contributed by atoms with Crippen LogP contribution in [-0.4, -0.2) is 11.1 Å². The van der Waals surface area contributed by atoms with E-state index in [1.165, 1.54) is 69.7 Å². The highest BCUT2D eigenvalue weighted by molar-refractivity contribution is 7.25. The lowest BCUT2D eigenvalue weighted by Gasteiger charge is -2.19. The van der Waals surface area contributed by atoms with Gasteiger partial charge in [0.2, 0.25) is 5.69 Å². The van der Waals surface area contributed by atoms with Gasteiger partial charge in [-0.25, -0.2) is 0 Å². The van der Waals surface area contributed by atoms with Crippen molar-refractivity contribution in [3.8, 4) is 11.3 Å². The molecule has 0 aliphatic rings. The maximum atomic E-state index is 4.50. The molecule has 4 heteroatoms. The average molecular weight is 667 g/mol. The highest BCUT2D eigenvalue weighted by Crippen LogP contribution is 2.43. The van der Waals surface area contributed by atoms with Crippen LogP contribution >= 0.6 is 11.3 Å². The Morgan fingerprint density at radius 2 is 1.64 bits per heavy atom. The molecule has 4 aromatic carbocycles. The third kappa shape index (κ3) is 5.19. The lowest BCUT2D eigenvalue weighted by Crippen LogP contribution is -2.40. The van der Waals surface area contributed by atoms with Crippen molar-refractivity contribution >= 4 is 83.3 Å². The summed E-state index contributed by atoms with van der Waals surface area (Å²) in [6.07, 6.45) is 15.6. The zero-order chi connectivity index (χ0) is 34.4. The Labute approximate surface area is 297 Å². The highest BCUT2D eigenvalue weighted by Gasteiger charge is 2.30. The Morgan fingerprint density at radius 3 is 2.50 bits per heavy atom. The van der Waals surface area contributed by atoms with Gasteiger partial charge in [-0.05, 0) is 88.4 Å². The van der Waals surface area contributed by atoms with E-state index in [2.05, 4.69) is 163 Å². The van der Waals surface area contributed by atoms with Crippen molar-refractivity contribution in [3.63, 3.8) is 0 Å². The molecule has 0 saturated heterocycles. The van der Waals surface area contributed by atoms with Crippen molar-refractivity contribution in [3.05, 3.63) is 152 Å². The maximum Gasteiger partial charge on any atom is 0.218 e. The largest absolute Gasteiger partial charge is 0.308 e. The molecule has 0 unspecified atom stereocenters. The van der Waals surface area contributed by atoms with Gasteiger partial charge < -0.3 is 4.40 Å². The molecule has 0 amide bonds. The first-order valence-electron chi connectivity index (χ1n) is 17.3. The molecule has 8 rings (SSSR count). The van der Waals surface area contributed by atoms with Crippen LogP contribution in [0.3, 0.4) is 0 Å². The standard InChI is InChI=1S/C46H40N3S/c1-6-33-36-21-16-22-37-38-30-44-39(35-20-12-13-25-43(35)50-44)29-42(38)49(45(36)37)41(33)24-9-7-8-17-32-18-10-11-19-34(32)40-23-14-15-28-48(40)31(2)46(3,4)26-27-47-5/h6,9-16,18-30H,1-2,5,7-8,17H2,3-4H3/q+1/b24-9+,27-26-.